The Morgan fingerprint density at radius 3 is 2.94 bits per heavy atom. The zero-order valence-corrected chi connectivity index (χ0v) is 10.4. The lowest BCUT2D eigenvalue weighted by Crippen LogP contribution is -2.57. The SMILES string of the molecule is COC1CC(Nc2ncccc2C#N)C1(C)C. The molecular weight excluding hydrogens is 214 g/mol. The predicted octanol–water partition coefficient (Wildman–Crippen LogP) is 2.18. The summed E-state index contributed by atoms with van der Waals surface area (Å²) >= 11 is 0. The van der Waals surface area contributed by atoms with Crippen molar-refractivity contribution in [1.82, 2.24) is 4.98 Å². The third-order valence-corrected chi connectivity index (χ3v) is 3.70. The molecule has 1 aliphatic carbocycles. The first-order chi connectivity index (χ1) is 8.09. The van der Waals surface area contributed by atoms with Gasteiger partial charge in [0.1, 0.15) is 11.9 Å². The van der Waals surface area contributed by atoms with Gasteiger partial charge in [0, 0.05) is 24.8 Å². The van der Waals surface area contributed by atoms with E-state index in [2.05, 4.69) is 30.2 Å². The molecule has 1 aromatic rings. The molecule has 90 valence electrons. The summed E-state index contributed by atoms with van der Waals surface area (Å²) in [6.45, 7) is 4.33. The summed E-state index contributed by atoms with van der Waals surface area (Å²) in [7, 11) is 1.74. The summed E-state index contributed by atoms with van der Waals surface area (Å²) in [5.74, 6) is 0.669. The Kier molecular flexibility index (Phi) is 3.03. The molecule has 2 rings (SSSR count). The second kappa shape index (κ2) is 4.34. The van der Waals surface area contributed by atoms with E-state index in [1.807, 2.05) is 0 Å². The molecule has 0 amide bonds. The number of ether oxygens (including phenoxy) is 1. The fourth-order valence-electron chi connectivity index (χ4n) is 2.31. The Labute approximate surface area is 102 Å². The van der Waals surface area contributed by atoms with Crippen molar-refractivity contribution in [3.63, 3.8) is 0 Å². The number of nitriles is 1. The Bertz CT molecular complexity index is 450. The van der Waals surface area contributed by atoms with E-state index in [-0.39, 0.29) is 11.5 Å². The van der Waals surface area contributed by atoms with Gasteiger partial charge in [0.05, 0.1) is 11.7 Å². The Balaban J connectivity index is 2.11. The molecule has 1 aromatic heterocycles. The summed E-state index contributed by atoms with van der Waals surface area (Å²) in [5.41, 5.74) is 0.656. The van der Waals surface area contributed by atoms with Gasteiger partial charge in [-0.15, -0.1) is 0 Å². The number of anilines is 1. The first-order valence-corrected chi connectivity index (χ1v) is 5.74. The molecule has 1 fully saturated rings. The zero-order valence-electron chi connectivity index (χ0n) is 10.4. The van der Waals surface area contributed by atoms with Crippen LogP contribution in [-0.2, 0) is 4.74 Å². The largest absolute Gasteiger partial charge is 0.381 e. The predicted molar refractivity (Wildman–Crippen MR) is 65.6 cm³/mol. The average molecular weight is 231 g/mol. The van der Waals surface area contributed by atoms with Gasteiger partial charge in [-0.2, -0.15) is 5.26 Å². The number of pyridine rings is 1. The molecule has 0 aromatic carbocycles. The molecule has 0 bridgehead atoms. The van der Waals surface area contributed by atoms with Crippen LogP contribution in [0.4, 0.5) is 5.82 Å². The van der Waals surface area contributed by atoms with E-state index in [4.69, 9.17) is 10.00 Å². The molecule has 1 heterocycles. The van der Waals surface area contributed by atoms with E-state index in [9.17, 15) is 0 Å². The molecule has 0 saturated heterocycles. The first-order valence-electron chi connectivity index (χ1n) is 5.74. The van der Waals surface area contributed by atoms with E-state index >= 15 is 0 Å². The van der Waals surface area contributed by atoms with Gasteiger partial charge in [0.2, 0.25) is 0 Å². The molecule has 1 saturated carbocycles. The number of nitrogens with zero attached hydrogens (tertiary/aromatic N) is 2. The van der Waals surface area contributed by atoms with Crippen LogP contribution < -0.4 is 5.32 Å². The minimum absolute atomic E-state index is 0.0684. The van der Waals surface area contributed by atoms with Crippen molar-refractivity contribution in [3.8, 4) is 6.07 Å². The highest BCUT2D eigenvalue weighted by Crippen LogP contribution is 2.43. The molecule has 4 heteroatoms. The van der Waals surface area contributed by atoms with Crippen molar-refractivity contribution >= 4 is 5.82 Å². The maximum atomic E-state index is 9.00. The summed E-state index contributed by atoms with van der Waals surface area (Å²) in [4.78, 5) is 4.21. The molecule has 0 radical (unpaired) electrons. The van der Waals surface area contributed by atoms with Crippen LogP contribution in [0.1, 0.15) is 25.8 Å². The lowest BCUT2D eigenvalue weighted by atomic mass is 9.64. The molecule has 4 nitrogen and oxygen atoms in total. The average Bonchev–Trinajstić information content (AvgIpc) is 2.34. The van der Waals surface area contributed by atoms with Crippen LogP contribution in [0, 0.1) is 16.7 Å². The van der Waals surface area contributed by atoms with E-state index < -0.39 is 0 Å². The number of aromatic nitrogens is 1. The van der Waals surface area contributed by atoms with Gasteiger partial charge in [-0.1, -0.05) is 13.8 Å². The lowest BCUT2D eigenvalue weighted by molar-refractivity contribution is -0.0795. The van der Waals surface area contributed by atoms with Crippen LogP contribution in [0.2, 0.25) is 0 Å². The van der Waals surface area contributed by atoms with Gasteiger partial charge in [0.25, 0.3) is 0 Å². The second-order valence-electron chi connectivity index (χ2n) is 4.99. The molecule has 0 spiro atoms. The van der Waals surface area contributed by atoms with Gasteiger partial charge < -0.3 is 10.1 Å². The summed E-state index contributed by atoms with van der Waals surface area (Å²) in [6.07, 6.45) is 2.92. The molecule has 2 atom stereocenters. The fourth-order valence-corrected chi connectivity index (χ4v) is 2.31. The maximum Gasteiger partial charge on any atom is 0.144 e. The van der Waals surface area contributed by atoms with Crippen LogP contribution in [0.25, 0.3) is 0 Å². The van der Waals surface area contributed by atoms with Crippen molar-refractivity contribution in [2.75, 3.05) is 12.4 Å². The van der Waals surface area contributed by atoms with Gasteiger partial charge >= 0.3 is 0 Å². The van der Waals surface area contributed by atoms with Gasteiger partial charge in [-0.05, 0) is 18.6 Å². The number of methoxy groups -OCH3 is 1. The van der Waals surface area contributed by atoms with Crippen molar-refractivity contribution < 1.29 is 4.74 Å². The standard InChI is InChI=1S/C13H17N3O/c1-13(2)10(7-11(13)17-3)16-12-9(8-14)5-4-6-15-12/h4-6,10-11H,7H2,1-3H3,(H,15,16). The topological polar surface area (TPSA) is 57.9 Å². The quantitative estimate of drug-likeness (QED) is 0.866. The molecule has 17 heavy (non-hydrogen) atoms. The Hall–Kier alpha value is -1.60. The van der Waals surface area contributed by atoms with Crippen molar-refractivity contribution in [1.29, 1.82) is 5.26 Å². The molecule has 0 aliphatic heterocycles. The van der Waals surface area contributed by atoms with Crippen LogP contribution in [0.5, 0.6) is 0 Å². The van der Waals surface area contributed by atoms with Crippen LogP contribution >= 0.6 is 0 Å². The van der Waals surface area contributed by atoms with E-state index in [1.54, 1.807) is 25.4 Å². The first kappa shape index (κ1) is 11.9. The molecular formula is C13H17N3O. The third-order valence-electron chi connectivity index (χ3n) is 3.70. The minimum atomic E-state index is 0.0684. The van der Waals surface area contributed by atoms with Crippen molar-refractivity contribution in [2.45, 2.75) is 32.4 Å². The van der Waals surface area contributed by atoms with Crippen LogP contribution in [-0.4, -0.2) is 24.2 Å². The van der Waals surface area contributed by atoms with E-state index in [0.29, 0.717) is 17.4 Å². The monoisotopic (exact) mass is 231 g/mol. The van der Waals surface area contributed by atoms with Gasteiger partial charge in [-0.3, -0.25) is 0 Å². The summed E-state index contributed by atoms with van der Waals surface area (Å²) in [6, 6.07) is 5.99. The molecule has 1 N–H and O–H groups in total. The van der Waals surface area contributed by atoms with Gasteiger partial charge in [-0.25, -0.2) is 4.98 Å². The Morgan fingerprint density at radius 1 is 1.59 bits per heavy atom. The lowest BCUT2D eigenvalue weighted by Gasteiger charge is -2.51. The van der Waals surface area contributed by atoms with Crippen LogP contribution in [0.15, 0.2) is 18.3 Å². The van der Waals surface area contributed by atoms with Crippen molar-refractivity contribution in [2.24, 2.45) is 5.41 Å². The maximum absolute atomic E-state index is 9.00. The third kappa shape index (κ3) is 1.98. The highest BCUT2D eigenvalue weighted by molar-refractivity contribution is 5.52. The van der Waals surface area contributed by atoms with E-state index in [1.165, 1.54) is 0 Å². The Morgan fingerprint density at radius 2 is 2.35 bits per heavy atom. The number of hydrogen-bond donors (Lipinski definition) is 1. The molecule has 1 aliphatic rings. The summed E-state index contributed by atoms with van der Waals surface area (Å²) in [5, 5.41) is 12.3. The summed E-state index contributed by atoms with van der Waals surface area (Å²) < 4.78 is 5.40. The second-order valence-corrected chi connectivity index (χ2v) is 4.99. The highest BCUT2D eigenvalue weighted by atomic mass is 16.5. The zero-order chi connectivity index (χ0) is 12.5. The highest BCUT2D eigenvalue weighted by Gasteiger charge is 2.48. The van der Waals surface area contributed by atoms with Crippen molar-refractivity contribution in [3.05, 3.63) is 23.9 Å². The number of hydrogen-bond acceptors (Lipinski definition) is 4. The smallest absolute Gasteiger partial charge is 0.144 e. The number of rotatable bonds is 3. The molecule has 2 unspecified atom stereocenters. The number of nitrogens with one attached hydrogen (secondary N) is 1. The fraction of sp³-hybridized carbons (Fsp3) is 0.538. The van der Waals surface area contributed by atoms with Gasteiger partial charge in [0.15, 0.2) is 0 Å². The van der Waals surface area contributed by atoms with E-state index in [0.717, 1.165) is 6.42 Å². The normalized spacial score (nSPS) is 25.8. The minimum Gasteiger partial charge on any atom is -0.381 e. The van der Waals surface area contributed by atoms with Crippen LogP contribution in [0.3, 0.4) is 0 Å².